The van der Waals surface area contributed by atoms with Gasteiger partial charge in [-0.2, -0.15) is 0 Å². The van der Waals surface area contributed by atoms with Crippen molar-refractivity contribution in [1.29, 1.82) is 0 Å². The van der Waals surface area contributed by atoms with Gasteiger partial charge >= 0.3 is 0 Å². The molecule has 0 radical (unpaired) electrons. The second-order valence-corrected chi connectivity index (χ2v) is 22.2. The molecule has 11 unspecified atom stereocenters. The maximum absolute atomic E-state index is 6.89. The highest BCUT2D eigenvalue weighted by atomic mass is 16.5. The first-order chi connectivity index (χ1) is 26.1. The van der Waals surface area contributed by atoms with Crippen LogP contribution < -0.4 is 9.64 Å². The molecule has 54 heavy (non-hydrogen) atoms. The summed E-state index contributed by atoms with van der Waals surface area (Å²) in [5.74, 6) is 8.59. The summed E-state index contributed by atoms with van der Waals surface area (Å²) in [6.45, 7) is 9.86. The highest BCUT2D eigenvalue weighted by Gasteiger charge is 2.84. The molecule has 0 aromatic heterocycles. The second-order valence-electron chi connectivity index (χ2n) is 22.2. The average Bonchev–Trinajstić information content (AvgIpc) is 3.88. The average molecular weight is 710 g/mol. The van der Waals surface area contributed by atoms with Crippen molar-refractivity contribution in [3.63, 3.8) is 0 Å². The molecule has 0 amide bonds. The van der Waals surface area contributed by atoms with Gasteiger partial charge in [-0.15, -0.1) is 0 Å². The Hall–Kier alpha value is -3.52. The number of ether oxygens (including phenoxy) is 1. The molecule has 9 aliphatic carbocycles. The van der Waals surface area contributed by atoms with E-state index in [-0.39, 0.29) is 16.2 Å². The first kappa shape index (κ1) is 30.7. The molecule has 1 aliphatic heterocycles. The molecule has 2 nitrogen and oxygen atoms in total. The van der Waals surface area contributed by atoms with Gasteiger partial charge in [-0.3, -0.25) is 0 Å². The van der Waals surface area contributed by atoms with Gasteiger partial charge in [0.15, 0.2) is 0 Å². The molecule has 0 saturated heterocycles. The van der Waals surface area contributed by atoms with E-state index in [0.717, 1.165) is 52.9 Å². The predicted octanol–water partition coefficient (Wildman–Crippen LogP) is 13.0. The van der Waals surface area contributed by atoms with Gasteiger partial charge in [0.05, 0.1) is 0 Å². The first-order valence-corrected chi connectivity index (χ1v) is 22.1. The zero-order chi connectivity index (χ0) is 35.8. The summed E-state index contributed by atoms with van der Waals surface area (Å²) < 4.78 is 6.89. The van der Waals surface area contributed by atoms with E-state index >= 15 is 0 Å². The van der Waals surface area contributed by atoms with Crippen molar-refractivity contribution >= 4 is 17.1 Å². The third-order valence-corrected chi connectivity index (χ3v) is 19.9. The Bertz CT molecular complexity index is 2350. The molecule has 3 spiro atoms. The standard InChI is InChI=1S/C52H55NO/c1-47(2)17-18-48(3,4)41-24-37(13-15-39(41)47)53(36-11-9-32(10-12-36)49-26-31-20-34-22-35(29-49)51(34,49)28-31)38-14-16-44-42(25-38)52(40-7-5-6-8-43(40)54-44)45-21-30-19-33-23-46(52)50(33,45)27-30/h5-16,24-25,30-31,33-35,45-46H,17-23,26-29H2,1-4H3. The summed E-state index contributed by atoms with van der Waals surface area (Å²) in [6, 6.07) is 34.2. The largest absolute Gasteiger partial charge is 0.457 e. The molecule has 274 valence electrons. The third-order valence-electron chi connectivity index (χ3n) is 19.9. The Kier molecular flexibility index (Phi) is 5.22. The molecule has 14 rings (SSSR count). The maximum atomic E-state index is 6.89. The molecular weight excluding hydrogens is 655 g/mol. The number of hydrogen-bond acceptors (Lipinski definition) is 2. The van der Waals surface area contributed by atoms with Gasteiger partial charge in [-0.1, -0.05) is 64.1 Å². The van der Waals surface area contributed by atoms with Gasteiger partial charge in [-0.25, -0.2) is 0 Å². The van der Waals surface area contributed by atoms with Gasteiger partial charge in [-0.05, 0) is 199 Å². The zero-order valence-electron chi connectivity index (χ0n) is 32.8. The van der Waals surface area contributed by atoms with E-state index in [9.17, 15) is 0 Å². The third kappa shape index (κ3) is 3.11. The van der Waals surface area contributed by atoms with Crippen molar-refractivity contribution < 1.29 is 4.74 Å². The number of rotatable bonds is 4. The van der Waals surface area contributed by atoms with Crippen molar-refractivity contribution in [3.8, 4) is 11.5 Å². The minimum absolute atomic E-state index is 0.0730. The Morgan fingerprint density at radius 1 is 0.537 bits per heavy atom. The van der Waals surface area contributed by atoms with Crippen molar-refractivity contribution in [1.82, 2.24) is 0 Å². The monoisotopic (exact) mass is 709 g/mol. The van der Waals surface area contributed by atoms with E-state index < -0.39 is 0 Å². The molecule has 4 aromatic rings. The Morgan fingerprint density at radius 3 is 2.04 bits per heavy atom. The fourth-order valence-corrected chi connectivity index (χ4v) is 18.0. The molecule has 1 heterocycles. The van der Waals surface area contributed by atoms with E-state index in [1.165, 1.54) is 110 Å². The van der Waals surface area contributed by atoms with Gasteiger partial charge < -0.3 is 9.64 Å². The summed E-state index contributed by atoms with van der Waals surface area (Å²) in [5, 5.41) is 0. The summed E-state index contributed by atoms with van der Waals surface area (Å²) >= 11 is 0. The number of hydrogen-bond donors (Lipinski definition) is 0. The Morgan fingerprint density at radius 2 is 1.24 bits per heavy atom. The van der Waals surface area contributed by atoms with E-state index in [2.05, 4.69) is 118 Å². The van der Waals surface area contributed by atoms with E-state index in [0.29, 0.717) is 16.2 Å². The van der Waals surface area contributed by atoms with E-state index in [1.54, 1.807) is 5.56 Å². The molecule has 0 N–H and O–H groups in total. The van der Waals surface area contributed by atoms with Crippen LogP contribution in [0.5, 0.6) is 11.5 Å². The van der Waals surface area contributed by atoms with Crippen LogP contribution in [0.15, 0.2) is 84.9 Å². The van der Waals surface area contributed by atoms with Crippen LogP contribution in [-0.2, 0) is 21.7 Å². The molecule has 11 atom stereocenters. The van der Waals surface area contributed by atoms with Crippen LogP contribution in [0, 0.1) is 52.3 Å². The van der Waals surface area contributed by atoms with Crippen LogP contribution in [0.1, 0.15) is 126 Å². The first-order valence-electron chi connectivity index (χ1n) is 22.1. The van der Waals surface area contributed by atoms with Gasteiger partial charge in [0.25, 0.3) is 0 Å². The van der Waals surface area contributed by atoms with Crippen LogP contribution in [-0.4, -0.2) is 0 Å². The maximum Gasteiger partial charge on any atom is 0.131 e. The minimum atomic E-state index is 0.0730. The number of fused-ring (bicyclic) bond motifs is 9. The van der Waals surface area contributed by atoms with Gasteiger partial charge in [0, 0.05) is 39.0 Å². The lowest BCUT2D eigenvalue weighted by molar-refractivity contribution is -0.235. The van der Waals surface area contributed by atoms with Crippen molar-refractivity contribution in [2.24, 2.45) is 52.3 Å². The predicted molar refractivity (Wildman–Crippen MR) is 216 cm³/mol. The SMILES string of the molecule is CC1(C)CCC(C)(C)c2cc(N(c3ccc(C45CC6CC7CC(C4)C75C6)cc3)c3ccc4c(c3)C3(c5ccccc5O4)C4CC5CC6CC3C64C5)ccc21. The van der Waals surface area contributed by atoms with Crippen molar-refractivity contribution in [2.45, 2.75) is 120 Å². The van der Waals surface area contributed by atoms with Crippen LogP contribution in [0.25, 0.3) is 0 Å². The van der Waals surface area contributed by atoms with Crippen LogP contribution in [0.4, 0.5) is 17.1 Å². The Labute approximate surface area is 322 Å². The number of nitrogens with zero attached hydrogens (tertiary/aromatic N) is 1. The molecule has 10 aliphatic rings. The van der Waals surface area contributed by atoms with Crippen molar-refractivity contribution in [3.05, 3.63) is 113 Å². The summed E-state index contributed by atoms with van der Waals surface area (Å²) in [5.41, 5.74) is 13.7. The lowest BCUT2D eigenvalue weighted by Crippen LogP contribution is -2.74. The van der Waals surface area contributed by atoms with Gasteiger partial charge in [0.2, 0.25) is 0 Å². The lowest BCUT2D eigenvalue weighted by atomic mass is 9.26. The van der Waals surface area contributed by atoms with Crippen molar-refractivity contribution in [2.75, 3.05) is 4.90 Å². The van der Waals surface area contributed by atoms with E-state index in [4.69, 9.17) is 4.74 Å². The molecule has 4 bridgehead atoms. The Balaban J connectivity index is 0.940. The van der Waals surface area contributed by atoms with Crippen LogP contribution >= 0.6 is 0 Å². The number of benzene rings is 4. The fraction of sp³-hybridized carbons (Fsp3) is 0.538. The second kappa shape index (κ2) is 9.19. The number of anilines is 3. The lowest BCUT2D eigenvalue weighted by Gasteiger charge is -2.77. The molecule has 4 aromatic carbocycles. The summed E-state index contributed by atoms with van der Waals surface area (Å²) in [7, 11) is 0. The normalized spacial score (nSPS) is 42.9. The molecule has 2 heteroatoms. The highest BCUT2D eigenvalue weighted by Crippen LogP contribution is 2.90. The number of para-hydroxylation sites is 1. The van der Waals surface area contributed by atoms with E-state index in [1.807, 2.05) is 0 Å². The van der Waals surface area contributed by atoms with Crippen LogP contribution in [0.2, 0.25) is 0 Å². The molecular formula is C52H55NO. The minimum Gasteiger partial charge on any atom is -0.457 e. The highest BCUT2D eigenvalue weighted by molar-refractivity contribution is 5.80. The quantitative estimate of drug-likeness (QED) is 0.209. The fourth-order valence-electron chi connectivity index (χ4n) is 18.0. The molecule has 8 fully saturated rings. The summed E-state index contributed by atoms with van der Waals surface area (Å²) in [4.78, 5) is 2.63. The van der Waals surface area contributed by atoms with Crippen LogP contribution in [0.3, 0.4) is 0 Å². The smallest absolute Gasteiger partial charge is 0.131 e. The van der Waals surface area contributed by atoms with Gasteiger partial charge in [0.1, 0.15) is 11.5 Å². The summed E-state index contributed by atoms with van der Waals surface area (Å²) in [6.07, 6.45) is 15.7. The zero-order valence-corrected chi connectivity index (χ0v) is 32.8. The molecule has 8 saturated carbocycles. The topological polar surface area (TPSA) is 12.5 Å².